The third kappa shape index (κ3) is 30.9. The van der Waals surface area contributed by atoms with Crippen LogP contribution in [0.25, 0.3) is 0 Å². The summed E-state index contributed by atoms with van der Waals surface area (Å²) in [6.07, 6.45) is 57.6. The number of ketones is 1. The van der Waals surface area contributed by atoms with Crippen LogP contribution in [-0.2, 0) is 47.7 Å². The summed E-state index contributed by atoms with van der Waals surface area (Å²) in [5.41, 5.74) is 4.60. The maximum atomic E-state index is 11.1. The van der Waals surface area contributed by atoms with E-state index in [0.29, 0.717) is 34.9 Å². The van der Waals surface area contributed by atoms with E-state index in [2.05, 4.69) is 221 Å². The summed E-state index contributed by atoms with van der Waals surface area (Å²) in [4.78, 5) is 42.5. The van der Waals surface area contributed by atoms with Gasteiger partial charge in [-0.25, -0.2) is 19.9 Å². The minimum absolute atomic E-state index is 0.0118. The molecule has 0 radical (unpaired) electrons. The predicted octanol–water partition coefficient (Wildman–Crippen LogP) is 17.7. The zero-order valence-electron chi connectivity index (χ0n) is 63.6. The molecule has 0 aromatic carbocycles. The first kappa shape index (κ1) is 86.9. The van der Waals surface area contributed by atoms with E-state index in [0.717, 1.165) is 47.1 Å². The highest BCUT2D eigenvalue weighted by Crippen LogP contribution is 2.34. The lowest BCUT2D eigenvalue weighted by atomic mass is 9.74. The van der Waals surface area contributed by atoms with Gasteiger partial charge in [-0.05, 0) is 167 Å². The van der Waals surface area contributed by atoms with Gasteiger partial charge in [0.15, 0.2) is 22.3 Å². The van der Waals surface area contributed by atoms with Gasteiger partial charge in [0.25, 0.3) is 11.8 Å². The standard InChI is InChI=1S/C10H16O.2C9H12N2.3C9H11NO.2C9H11NS.C8H13NO/c1-10(2,3)8-5-4-6-9(11)7-8;1-5-8-10-6-7-11(8)9(2,3)4;1-5-8-6-7-11(10-8)9(2,3)4;1-5-8-10-7(6-11-8)9(2,3)4;1-5-8-10-6-7(11-8)9(2,3)4;1-5-8-7(6-11-10-8)9(2,3)4;1-5-8-10-6-7(11-8)9(2,3)4;1-5-7-6-8(11-10-7)9(2,3)4;1-8(2,3)9-6-4-5-7(9)10/h4,6,8H,5,7H2,1-3H3;2*1,6-7H,2-4H3;5*1,6H,2-4H3;4-5H,6H2,1-3H3. The Morgan fingerprint density at radius 1 is 0.571 bits per heavy atom. The van der Waals surface area contributed by atoms with E-state index in [-0.39, 0.29) is 60.8 Å². The molecule has 1 unspecified atom stereocenters. The maximum Gasteiger partial charge on any atom is 0.273 e. The van der Waals surface area contributed by atoms with Crippen molar-refractivity contribution in [2.45, 2.75) is 243 Å². The van der Waals surface area contributed by atoms with Crippen LogP contribution in [-0.4, -0.2) is 72.5 Å². The van der Waals surface area contributed by atoms with Crippen LogP contribution in [0.15, 0.2) is 93.3 Å². The third-order valence-corrected chi connectivity index (χ3v) is 16.6. The molecular weight excluding hydrogens is 1260 g/mol. The number of oxazole rings is 2. The van der Waals surface area contributed by atoms with E-state index in [1.54, 1.807) is 48.4 Å². The zero-order valence-corrected chi connectivity index (χ0v) is 65.2. The Bertz CT molecular complexity index is 3590. The second-order valence-corrected chi connectivity index (χ2v) is 33.8. The van der Waals surface area contributed by atoms with Crippen LogP contribution in [0, 0.1) is 97.7 Å². The van der Waals surface area contributed by atoms with Crippen LogP contribution in [0.3, 0.4) is 0 Å². The Morgan fingerprint density at radius 3 is 1.47 bits per heavy atom. The molecule has 1 amide bonds. The van der Waals surface area contributed by atoms with E-state index in [1.165, 1.54) is 21.3 Å². The molecule has 0 saturated carbocycles. The molecule has 7 aromatic rings. The van der Waals surface area contributed by atoms with Crippen LogP contribution in [0.1, 0.15) is 266 Å². The number of rotatable bonds is 0. The Hall–Kier alpha value is -9.15. The van der Waals surface area contributed by atoms with Crippen molar-refractivity contribution in [2.75, 3.05) is 6.54 Å². The number of amides is 1. The highest BCUT2D eigenvalue weighted by molar-refractivity contribution is 7.12. The molecule has 1 aliphatic heterocycles. The fraction of sp³-hybridized carbons (Fsp3) is 0.494. The molecule has 1 atom stereocenters. The van der Waals surface area contributed by atoms with Crippen LogP contribution in [0.4, 0.5) is 0 Å². The molecule has 0 spiro atoms. The normalized spacial score (nSPS) is 13.5. The number of carbonyl (C=O) groups is 2. The number of thiazole rings is 1. The summed E-state index contributed by atoms with van der Waals surface area (Å²) in [5.74, 6) is 20.4. The highest BCUT2D eigenvalue weighted by atomic mass is 32.1. The second kappa shape index (κ2) is 37.0. The van der Waals surface area contributed by atoms with Gasteiger partial charge < -0.3 is 22.8 Å². The molecule has 0 N–H and O–H groups in total. The fourth-order valence-electron chi connectivity index (χ4n) is 7.82. The van der Waals surface area contributed by atoms with Gasteiger partial charge in [0.2, 0.25) is 5.91 Å². The van der Waals surface area contributed by atoms with Crippen LogP contribution in [0.2, 0.25) is 0 Å². The number of terminal acetylenes is 7. The molecular formula is C81H108N10O5S2. The summed E-state index contributed by atoms with van der Waals surface area (Å²) in [7, 11) is 0. The van der Waals surface area contributed by atoms with E-state index >= 15 is 0 Å². The molecule has 9 rings (SSSR count). The van der Waals surface area contributed by atoms with Gasteiger partial charge in [0.1, 0.15) is 29.7 Å². The summed E-state index contributed by atoms with van der Waals surface area (Å²) in [5, 5.41) is 8.64. The van der Waals surface area contributed by atoms with E-state index in [9.17, 15) is 9.59 Å². The second-order valence-electron chi connectivity index (χ2n) is 32.0. The number of aromatic nitrogens is 9. The van der Waals surface area contributed by atoms with Gasteiger partial charge >= 0.3 is 0 Å². The van der Waals surface area contributed by atoms with Gasteiger partial charge in [-0.15, -0.1) is 56.3 Å². The summed E-state index contributed by atoms with van der Waals surface area (Å²) in [6.45, 7) is 57.5. The highest BCUT2D eigenvalue weighted by Gasteiger charge is 2.29. The Labute approximate surface area is 597 Å². The molecule has 17 heteroatoms. The number of nitrogens with zero attached hydrogens (tertiary/aromatic N) is 10. The number of allylic oxidation sites excluding steroid dienone is 2. The van der Waals surface area contributed by atoms with Gasteiger partial charge in [-0.2, -0.15) is 9.47 Å². The minimum Gasteiger partial charge on any atom is -0.438 e. The zero-order chi connectivity index (χ0) is 75.6. The molecule has 15 nitrogen and oxygen atoms in total. The topological polar surface area (TPSA) is 177 Å². The van der Waals surface area contributed by atoms with Crippen molar-refractivity contribution in [3.05, 3.63) is 146 Å². The predicted molar refractivity (Wildman–Crippen MR) is 404 cm³/mol. The van der Waals surface area contributed by atoms with Crippen molar-refractivity contribution < 1.29 is 22.9 Å². The quantitative estimate of drug-likeness (QED) is 0.132. The number of hydrogen-bond donors (Lipinski definition) is 0. The van der Waals surface area contributed by atoms with Gasteiger partial charge in [-0.1, -0.05) is 142 Å². The lowest BCUT2D eigenvalue weighted by molar-refractivity contribution is -0.128. The maximum absolute atomic E-state index is 11.1. The van der Waals surface area contributed by atoms with Gasteiger partial charge in [-0.3, -0.25) is 14.3 Å². The van der Waals surface area contributed by atoms with Crippen molar-refractivity contribution in [3.8, 4) is 86.4 Å². The van der Waals surface area contributed by atoms with Crippen LogP contribution >= 0.6 is 22.9 Å². The largest absolute Gasteiger partial charge is 0.438 e. The Morgan fingerprint density at radius 2 is 1.17 bits per heavy atom. The van der Waals surface area contributed by atoms with Crippen LogP contribution in [0.5, 0.6) is 0 Å². The molecule has 2 aliphatic rings. The monoisotopic (exact) mass is 1360 g/mol. The lowest BCUT2D eigenvalue weighted by Gasteiger charge is -2.31. The first-order valence-corrected chi connectivity index (χ1v) is 33.8. The van der Waals surface area contributed by atoms with Crippen molar-refractivity contribution in [1.82, 2.24) is 48.7 Å². The molecule has 524 valence electrons. The SMILES string of the molecule is C#Cc1cc(C(C)(C)C)sn1.C#Cc1ccn(C(C)(C)C)n1.C#Cc1nc(C(C)(C)C)co1.C#Cc1ncc(C(C)(C)C)o1.C#Cc1ncc(C(C)(C)C)s1.C#Cc1nccn1C(C)(C)C.C#Cc1nocc1C(C)(C)C.CC(C)(C)C1CC=CC(=O)C1.CC(C)(C)N1CC=CC1=O. The Kier molecular flexibility index (Phi) is 32.8. The molecule has 0 saturated heterocycles. The summed E-state index contributed by atoms with van der Waals surface area (Å²) < 4.78 is 23.0. The number of carbonyl (C=O) groups excluding carboxylic acids is 2. The smallest absolute Gasteiger partial charge is 0.273 e. The van der Waals surface area contributed by atoms with E-state index in [4.69, 9.17) is 58.3 Å². The molecule has 8 heterocycles. The molecule has 98 heavy (non-hydrogen) atoms. The molecule has 1 aliphatic carbocycles. The van der Waals surface area contributed by atoms with Crippen molar-refractivity contribution >= 4 is 34.6 Å². The van der Waals surface area contributed by atoms with E-state index in [1.807, 2.05) is 98.6 Å². The molecule has 0 fully saturated rings. The first-order valence-electron chi connectivity index (χ1n) is 32.2. The lowest BCUT2D eigenvalue weighted by Crippen LogP contribution is -2.42. The van der Waals surface area contributed by atoms with Crippen molar-refractivity contribution in [2.24, 2.45) is 11.3 Å². The number of hydrogen-bond acceptors (Lipinski definition) is 14. The molecule has 7 aromatic heterocycles. The Balaban J connectivity index is 0.000000551. The summed E-state index contributed by atoms with van der Waals surface area (Å²) in [6, 6.07) is 3.82. The van der Waals surface area contributed by atoms with Crippen molar-refractivity contribution in [1.29, 1.82) is 0 Å². The minimum atomic E-state index is -0.0272. The average Bonchev–Trinajstić information content (AvgIpc) is 1.60. The van der Waals surface area contributed by atoms with Crippen LogP contribution < -0.4 is 0 Å². The third-order valence-electron chi connectivity index (χ3n) is 14.0. The van der Waals surface area contributed by atoms with E-state index < -0.39 is 0 Å². The summed E-state index contributed by atoms with van der Waals surface area (Å²) >= 11 is 3.08. The average molecular weight is 1370 g/mol. The first-order chi connectivity index (χ1) is 44.8. The fourth-order valence-corrected chi connectivity index (χ4v) is 9.34. The van der Waals surface area contributed by atoms with Gasteiger partial charge in [0.05, 0.1) is 17.4 Å². The molecule has 0 bridgehead atoms. The van der Waals surface area contributed by atoms with Gasteiger partial charge in [0, 0.05) is 81.1 Å². The van der Waals surface area contributed by atoms with Crippen molar-refractivity contribution in [3.63, 3.8) is 0 Å². The number of imidazole rings is 1.